The van der Waals surface area contributed by atoms with Crippen LogP contribution >= 0.6 is 12.4 Å². The lowest BCUT2D eigenvalue weighted by atomic mass is 10.3. The molecule has 0 radical (unpaired) electrons. The molecule has 19 heavy (non-hydrogen) atoms. The Kier molecular flexibility index (Phi) is 5.54. The highest BCUT2D eigenvalue weighted by Crippen LogP contribution is 2.20. The quantitative estimate of drug-likeness (QED) is 0.867. The summed E-state index contributed by atoms with van der Waals surface area (Å²) >= 11 is 0. The molecule has 5 nitrogen and oxygen atoms in total. The van der Waals surface area contributed by atoms with Crippen molar-refractivity contribution in [3.8, 4) is 5.75 Å². The number of rotatable bonds is 4. The molecular weight excluding hydrogens is 295 g/mol. The molecular formula is C11H16ClFN2O3S. The predicted molar refractivity (Wildman–Crippen MR) is 71.8 cm³/mol. The summed E-state index contributed by atoms with van der Waals surface area (Å²) in [5.41, 5.74) is 0. The minimum absolute atomic E-state index is 0. The van der Waals surface area contributed by atoms with Gasteiger partial charge in [-0.1, -0.05) is 0 Å². The van der Waals surface area contributed by atoms with Gasteiger partial charge in [0.15, 0.2) is 11.6 Å². The number of benzene rings is 1. The highest BCUT2D eigenvalue weighted by atomic mass is 35.5. The molecule has 0 spiro atoms. The van der Waals surface area contributed by atoms with Crippen LogP contribution < -0.4 is 14.8 Å². The zero-order valence-corrected chi connectivity index (χ0v) is 12.0. The Morgan fingerprint density at radius 1 is 1.47 bits per heavy atom. The molecule has 1 aliphatic heterocycles. The van der Waals surface area contributed by atoms with E-state index in [1.807, 2.05) is 0 Å². The molecule has 1 fully saturated rings. The monoisotopic (exact) mass is 310 g/mol. The van der Waals surface area contributed by atoms with Gasteiger partial charge < -0.3 is 10.1 Å². The summed E-state index contributed by atoms with van der Waals surface area (Å²) < 4.78 is 44.7. The zero-order chi connectivity index (χ0) is 13.2. The summed E-state index contributed by atoms with van der Waals surface area (Å²) in [6.07, 6.45) is 0.734. The van der Waals surface area contributed by atoms with Gasteiger partial charge >= 0.3 is 0 Å². The number of methoxy groups -OCH3 is 1. The van der Waals surface area contributed by atoms with Crippen molar-refractivity contribution >= 4 is 22.4 Å². The van der Waals surface area contributed by atoms with Gasteiger partial charge in [-0.15, -0.1) is 12.4 Å². The average Bonchev–Trinajstić information content (AvgIpc) is 2.81. The Bertz CT molecular complexity index is 533. The summed E-state index contributed by atoms with van der Waals surface area (Å²) in [7, 11) is -2.35. The van der Waals surface area contributed by atoms with Crippen LogP contribution in [0.3, 0.4) is 0 Å². The fourth-order valence-electron chi connectivity index (χ4n) is 1.86. The second-order valence-electron chi connectivity index (χ2n) is 4.11. The predicted octanol–water partition coefficient (Wildman–Crippen LogP) is 0.896. The van der Waals surface area contributed by atoms with Crippen molar-refractivity contribution in [1.82, 2.24) is 10.0 Å². The molecule has 0 saturated carbocycles. The number of nitrogens with one attached hydrogen (secondary N) is 2. The molecule has 1 unspecified atom stereocenters. The molecule has 1 atom stereocenters. The molecule has 108 valence electrons. The first kappa shape index (κ1) is 16.2. The van der Waals surface area contributed by atoms with Gasteiger partial charge in [0.2, 0.25) is 10.0 Å². The molecule has 0 aliphatic carbocycles. The number of hydrogen-bond acceptors (Lipinski definition) is 4. The Morgan fingerprint density at radius 3 is 2.74 bits per heavy atom. The van der Waals surface area contributed by atoms with E-state index in [1.54, 1.807) is 0 Å². The molecule has 2 rings (SSSR count). The number of sulfonamides is 1. The standard InChI is InChI=1S/C11H15FN2O3S.ClH/c1-17-11-3-2-9(6-10(11)12)18(15,16)14-8-4-5-13-7-8;/h2-3,6,8,13-14H,4-5,7H2,1H3;1H. The molecule has 0 bridgehead atoms. The van der Waals surface area contributed by atoms with Crippen molar-refractivity contribution in [3.63, 3.8) is 0 Å². The second kappa shape index (κ2) is 6.51. The SMILES string of the molecule is COc1ccc(S(=O)(=O)NC2CCNC2)cc1F.Cl. The normalized spacial score (nSPS) is 18.9. The maximum absolute atomic E-state index is 13.5. The van der Waals surface area contributed by atoms with E-state index < -0.39 is 15.8 Å². The van der Waals surface area contributed by atoms with Gasteiger partial charge in [-0.05, 0) is 31.2 Å². The van der Waals surface area contributed by atoms with Crippen LogP contribution in [0.15, 0.2) is 23.1 Å². The zero-order valence-electron chi connectivity index (χ0n) is 10.3. The smallest absolute Gasteiger partial charge is 0.240 e. The van der Waals surface area contributed by atoms with Crippen molar-refractivity contribution in [2.75, 3.05) is 20.2 Å². The van der Waals surface area contributed by atoms with E-state index in [1.165, 1.54) is 19.2 Å². The lowest BCUT2D eigenvalue weighted by molar-refractivity contribution is 0.385. The summed E-state index contributed by atoms with van der Waals surface area (Å²) in [5.74, 6) is -0.665. The van der Waals surface area contributed by atoms with Crippen molar-refractivity contribution < 1.29 is 17.5 Å². The molecule has 0 amide bonds. The lowest BCUT2D eigenvalue weighted by Crippen LogP contribution is -2.36. The van der Waals surface area contributed by atoms with Gasteiger partial charge in [-0.3, -0.25) is 0 Å². The minimum atomic E-state index is -3.68. The van der Waals surface area contributed by atoms with Crippen LogP contribution in [0.1, 0.15) is 6.42 Å². The Morgan fingerprint density at radius 2 is 2.21 bits per heavy atom. The van der Waals surface area contributed by atoms with Crippen molar-refractivity contribution in [2.45, 2.75) is 17.4 Å². The topological polar surface area (TPSA) is 67.4 Å². The van der Waals surface area contributed by atoms with E-state index in [0.717, 1.165) is 19.0 Å². The second-order valence-corrected chi connectivity index (χ2v) is 5.82. The van der Waals surface area contributed by atoms with E-state index in [9.17, 15) is 12.8 Å². The average molecular weight is 311 g/mol. The molecule has 1 saturated heterocycles. The molecule has 2 N–H and O–H groups in total. The third-order valence-corrected chi connectivity index (χ3v) is 4.33. The highest BCUT2D eigenvalue weighted by molar-refractivity contribution is 7.89. The van der Waals surface area contributed by atoms with Crippen LogP contribution in [-0.4, -0.2) is 34.7 Å². The van der Waals surface area contributed by atoms with E-state index in [2.05, 4.69) is 10.0 Å². The van der Waals surface area contributed by atoms with Crippen LogP contribution in [0.4, 0.5) is 4.39 Å². The summed E-state index contributed by atoms with van der Waals surface area (Å²) in [5, 5.41) is 3.05. The number of ether oxygens (including phenoxy) is 1. The van der Waals surface area contributed by atoms with Crippen molar-refractivity contribution in [3.05, 3.63) is 24.0 Å². The van der Waals surface area contributed by atoms with Crippen LogP contribution in [0.5, 0.6) is 5.75 Å². The van der Waals surface area contributed by atoms with E-state index in [0.29, 0.717) is 6.54 Å². The first-order valence-corrected chi connectivity index (χ1v) is 7.08. The molecule has 1 heterocycles. The molecule has 1 aliphatic rings. The van der Waals surface area contributed by atoms with Crippen LogP contribution in [0, 0.1) is 5.82 Å². The Hall–Kier alpha value is -0.890. The van der Waals surface area contributed by atoms with E-state index in [-0.39, 0.29) is 29.1 Å². The number of hydrogen-bond donors (Lipinski definition) is 2. The van der Waals surface area contributed by atoms with Gasteiger partial charge in [0.25, 0.3) is 0 Å². The van der Waals surface area contributed by atoms with Gasteiger partial charge in [0.05, 0.1) is 12.0 Å². The third kappa shape index (κ3) is 3.79. The summed E-state index contributed by atoms with van der Waals surface area (Å²) in [6.45, 7) is 1.38. The van der Waals surface area contributed by atoms with E-state index >= 15 is 0 Å². The molecule has 1 aromatic carbocycles. The van der Waals surface area contributed by atoms with Gasteiger partial charge in [-0.25, -0.2) is 17.5 Å². The van der Waals surface area contributed by atoms with Gasteiger partial charge in [-0.2, -0.15) is 0 Å². The Balaban J connectivity index is 0.00000180. The fourth-order valence-corrected chi connectivity index (χ4v) is 3.14. The minimum Gasteiger partial charge on any atom is -0.494 e. The molecule has 1 aromatic rings. The largest absolute Gasteiger partial charge is 0.494 e. The maximum Gasteiger partial charge on any atom is 0.240 e. The van der Waals surface area contributed by atoms with Gasteiger partial charge in [0, 0.05) is 12.6 Å². The van der Waals surface area contributed by atoms with Gasteiger partial charge in [0.1, 0.15) is 0 Å². The first-order valence-electron chi connectivity index (χ1n) is 5.59. The highest BCUT2D eigenvalue weighted by Gasteiger charge is 2.23. The summed E-state index contributed by atoms with van der Waals surface area (Å²) in [4.78, 5) is -0.0901. The van der Waals surface area contributed by atoms with Crippen molar-refractivity contribution in [2.24, 2.45) is 0 Å². The summed E-state index contributed by atoms with van der Waals surface area (Å²) in [6, 6.07) is 3.45. The number of halogens is 2. The lowest BCUT2D eigenvalue weighted by Gasteiger charge is -2.12. The molecule has 8 heteroatoms. The first-order chi connectivity index (χ1) is 8.53. The maximum atomic E-state index is 13.5. The van der Waals surface area contributed by atoms with Crippen LogP contribution in [0.25, 0.3) is 0 Å². The van der Waals surface area contributed by atoms with Crippen LogP contribution in [-0.2, 0) is 10.0 Å². The Labute approximate surface area is 118 Å². The van der Waals surface area contributed by atoms with Crippen molar-refractivity contribution in [1.29, 1.82) is 0 Å². The fraction of sp³-hybridized carbons (Fsp3) is 0.455. The molecule has 0 aromatic heterocycles. The third-order valence-electron chi connectivity index (χ3n) is 2.82. The van der Waals surface area contributed by atoms with Crippen LogP contribution in [0.2, 0.25) is 0 Å². The van der Waals surface area contributed by atoms with E-state index in [4.69, 9.17) is 4.74 Å².